The van der Waals surface area contributed by atoms with Crippen molar-refractivity contribution in [1.82, 2.24) is 5.32 Å². The number of carbonyl (C=O) groups is 3. The highest BCUT2D eigenvalue weighted by atomic mass is 32.2. The first-order chi connectivity index (χ1) is 22.5. The molecule has 0 aromatic heterocycles. The lowest BCUT2D eigenvalue weighted by Gasteiger charge is -2.28. The summed E-state index contributed by atoms with van der Waals surface area (Å²) < 4.78 is 24.3. The van der Waals surface area contributed by atoms with Crippen molar-refractivity contribution in [1.29, 1.82) is 5.26 Å². The zero-order valence-corrected chi connectivity index (χ0v) is 32.8. The molecule has 16 heteroatoms. The Balaban J connectivity index is 2.01. The first kappa shape index (κ1) is 40.0. The average molecular weight is 752 g/mol. The number of allylic oxidation sites excluding steroid dienone is 2. The standard InChI is InChI=1S/C32H41N3O8S4Si/c1-11-40-48(41-12-2,42-13-3)16-14-15-35-30(39)43-21-24-22(44-28(46-24)18(17-33)26(37)31(4,5)6)20(36)23-25(21)47-29(45-23)19(34-10)27(38)32(7,8)9/h36H,11-16H2,1-9H3,(H,35,39)/b28-18+,29-19+. The molecule has 0 atom stereocenters. The summed E-state index contributed by atoms with van der Waals surface area (Å²) in [5.41, 5.74) is -1.78. The van der Waals surface area contributed by atoms with Gasteiger partial charge in [-0.05, 0) is 27.2 Å². The average Bonchev–Trinajstić information content (AvgIpc) is 3.64. The second-order valence-corrected chi connectivity index (χ2v) is 19.8. The minimum atomic E-state index is -2.91. The number of fused-ring (bicyclic) bond motifs is 2. The van der Waals surface area contributed by atoms with Crippen LogP contribution in [0.15, 0.2) is 39.3 Å². The van der Waals surface area contributed by atoms with E-state index in [9.17, 15) is 24.8 Å². The van der Waals surface area contributed by atoms with Gasteiger partial charge >= 0.3 is 14.9 Å². The van der Waals surface area contributed by atoms with Crippen LogP contribution in [0.1, 0.15) is 68.7 Å². The summed E-state index contributed by atoms with van der Waals surface area (Å²) >= 11 is 4.22. The van der Waals surface area contributed by atoms with Gasteiger partial charge in [0.2, 0.25) is 5.70 Å². The van der Waals surface area contributed by atoms with E-state index in [1.165, 1.54) is 0 Å². The molecular formula is C32H41N3O8S4Si. The van der Waals surface area contributed by atoms with Crippen molar-refractivity contribution in [3.05, 3.63) is 31.2 Å². The summed E-state index contributed by atoms with van der Waals surface area (Å²) in [7, 11) is -2.91. The number of Topliss-reactive ketones (excluding diaryl/α,β-unsaturated/α-hetero) is 2. The van der Waals surface area contributed by atoms with Gasteiger partial charge in [0.25, 0.3) is 0 Å². The molecule has 2 heterocycles. The van der Waals surface area contributed by atoms with Crippen molar-refractivity contribution in [2.45, 2.75) is 94.4 Å². The van der Waals surface area contributed by atoms with Gasteiger partial charge in [-0.2, -0.15) is 5.26 Å². The number of ether oxygens (including phenoxy) is 1. The number of phenols is 1. The Labute approximate surface area is 300 Å². The van der Waals surface area contributed by atoms with Gasteiger partial charge in [-0.3, -0.25) is 4.79 Å². The molecule has 2 aliphatic rings. The fraction of sp³-hybridized carbons (Fsp3) is 0.531. The Morgan fingerprint density at radius 1 is 0.854 bits per heavy atom. The van der Waals surface area contributed by atoms with E-state index in [1.54, 1.807) is 41.5 Å². The van der Waals surface area contributed by atoms with Gasteiger partial charge in [0.15, 0.2) is 17.3 Å². The molecule has 0 unspecified atom stereocenters. The van der Waals surface area contributed by atoms with Gasteiger partial charge < -0.3 is 33.2 Å². The van der Waals surface area contributed by atoms with E-state index >= 15 is 0 Å². The van der Waals surface area contributed by atoms with Gasteiger partial charge in [0.05, 0.1) is 34.6 Å². The number of nitriles is 1. The van der Waals surface area contributed by atoms with Gasteiger partial charge in [0, 0.05) is 43.2 Å². The van der Waals surface area contributed by atoms with E-state index in [2.05, 4.69) is 10.2 Å². The topological polar surface area (TPSA) is 149 Å². The van der Waals surface area contributed by atoms with Crippen molar-refractivity contribution in [3.63, 3.8) is 0 Å². The van der Waals surface area contributed by atoms with Crippen LogP contribution in [0.4, 0.5) is 4.79 Å². The molecule has 0 aliphatic carbocycles. The van der Waals surface area contributed by atoms with Crippen molar-refractivity contribution in [3.8, 4) is 17.6 Å². The summed E-state index contributed by atoms with van der Waals surface area (Å²) in [6.07, 6.45) is -0.277. The molecule has 260 valence electrons. The van der Waals surface area contributed by atoms with E-state index in [4.69, 9.17) is 24.6 Å². The summed E-state index contributed by atoms with van der Waals surface area (Å²) in [5.74, 6) is -0.760. The number of amides is 1. The molecule has 2 aliphatic heterocycles. The van der Waals surface area contributed by atoms with Crippen molar-refractivity contribution < 1.29 is 37.5 Å². The number of hydrogen-bond acceptors (Lipinski definition) is 13. The highest BCUT2D eigenvalue weighted by molar-refractivity contribution is 8.26. The largest absolute Gasteiger partial charge is 0.505 e. The van der Waals surface area contributed by atoms with Crippen LogP contribution in [0.5, 0.6) is 11.5 Å². The smallest absolute Gasteiger partial charge is 0.500 e. The van der Waals surface area contributed by atoms with Crippen molar-refractivity contribution in [2.24, 2.45) is 10.8 Å². The molecule has 1 aromatic carbocycles. The Bertz CT molecular complexity index is 1510. The number of nitrogens with one attached hydrogen (secondary N) is 1. The number of ketones is 2. The Hall–Kier alpha value is -2.41. The van der Waals surface area contributed by atoms with E-state index in [0.717, 1.165) is 47.0 Å². The quantitative estimate of drug-likeness (QED) is 0.0654. The number of nitrogens with zero attached hydrogens (tertiary/aromatic N) is 2. The SMILES string of the molecule is [C-]#[N+]/C(C(=O)C(C)(C)C)=C1\Sc2c(O)c3c(c(OC(=O)NCCC[Si](OCC)(OCC)OCC)c2S1)S/C(=C(\C#N)C(=O)C(C)(C)C)S3. The third-order valence-electron chi connectivity index (χ3n) is 6.68. The van der Waals surface area contributed by atoms with Crippen LogP contribution in [0.25, 0.3) is 4.85 Å². The zero-order valence-electron chi connectivity index (χ0n) is 28.6. The monoisotopic (exact) mass is 751 g/mol. The summed E-state index contributed by atoms with van der Waals surface area (Å²) in [6, 6.07) is 2.50. The molecule has 0 bridgehead atoms. The van der Waals surface area contributed by atoms with Gasteiger partial charge in [-0.1, -0.05) is 88.6 Å². The third-order valence-corrected chi connectivity index (χ3v) is 15.0. The molecule has 48 heavy (non-hydrogen) atoms. The lowest BCUT2D eigenvalue weighted by Crippen LogP contribution is -2.46. The van der Waals surface area contributed by atoms with Crippen molar-refractivity contribution >= 4 is 73.5 Å². The van der Waals surface area contributed by atoms with Gasteiger partial charge in [-0.15, -0.1) is 0 Å². The Kier molecular flexibility index (Phi) is 13.8. The molecule has 1 amide bonds. The first-order valence-corrected chi connectivity index (χ1v) is 20.6. The molecule has 0 saturated heterocycles. The van der Waals surface area contributed by atoms with E-state index in [-0.39, 0.29) is 40.9 Å². The maximum atomic E-state index is 13.3. The second-order valence-electron chi connectivity index (χ2n) is 12.5. The predicted octanol–water partition coefficient (Wildman–Crippen LogP) is 8.37. The van der Waals surface area contributed by atoms with E-state index in [0.29, 0.717) is 60.3 Å². The van der Waals surface area contributed by atoms with Crippen LogP contribution >= 0.6 is 47.0 Å². The molecule has 1 aromatic rings. The lowest BCUT2D eigenvalue weighted by molar-refractivity contribution is -0.122. The van der Waals surface area contributed by atoms with Crippen LogP contribution < -0.4 is 10.1 Å². The van der Waals surface area contributed by atoms with Crippen LogP contribution in [-0.2, 0) is 22.9 Å². The van der Waals surface area contributed by atoms with E-state index < -0.39 is 25.7 Å². The van der Waals surface area contributed by atoms with Gasteiger partial charge in [-0.25, -0.2) is 9.64 Å². The second kappa shape index (κ2) is 16.5. The highest BCUT2D eigenvalue weighted by Gasteiger charge is 2.42. The maximum absolute atomic E-state index is 13.3. The number of thioether (sulfide) groups is 4. The number of aromatic hydroxyl groups is 1. The Morgan fingerprint density at radius 2 is 1.33 bits per heavy atom. The molecule has 11 nitrogen and oxygen atoms in total. The lowest BCUT2D eigenvalue weighted by atomic mass is 9.87. The third kappa shape index (κ3) is 9.03. The predicted molar refractivity (Wildman–Crippen MR) is 191 cm³/mol. The summed E-state index contributed by atoms with van der Waals surface area (Å²) in [5, 5.41) is 24.2. The fourth-order valence-electron chi connectivity index (χ4n) is 4.44. The van der Waals surface area contributed by atoms with Crippen LogP contribution in [0, 0.1) is 28.7 Å². The van der Waals surface area contributed by atoms with E-state index in [1.807, 2.05) is 26.8 Å². The maximum Gasteiger partial charge on any atom is 0.500 e. The minimum Gasteiger partial charge on any atom is -0.505 e. The Morgan fingerprint density at radius 3 is 1.79 bits per heavy atom. The number of rotatable bonds is 13. The van der Waals surface area contributed by atoms with Gasteiger partial charge in [0.1, 0.15) is 17.4 Å². The zero-order chi connectivity index (χ0) is 36.0. The molecule has 3 rings (SSSR count). The number of benzene rings is 1. The summed E-state index contributed by atoms with van der Waals surface area (Å²) in [6.45, 7) is 25.2. The molecule has 2 N–H and O–H groups in total. The minimum absolute atomic E-state index is 0.0545. The summed E-state index contributed by atoms with van der Waals surface area (Å²) in [4.78, 5) is 44.5. The number of carbonyl (C=O) groups excluding carboxylic acids is 3. The number of phenolic OH excluding ortho intramolecular Hbond substituents is 1. The molecule has 0 spiro atoms. The number of hydrogen-bond donors (Lipinski definition) is 2. The van der Waals surface area contributed by atoms with Crippen LogP contribution in [0.3, 0.4) is 0 Å². The highest BCUT2D eigenvalue weighted by Crippen LogP contribution is 2.68. The first-order valence-electron chi connectivity index (χ1n) is 15.4. The van der Waals surface area contributed by atoms with Crippen LogP contribution in [-0.4, -0.2) is 57.9 Å². The molecular weight excluding hydrogens is 711 g/mol. The normalized spacial score (nSPS) is 16.4. The molecule has 0 radical (unpaired) electrons. The molecule has 0 saturated carbocycles. The van der Waals surface area contributed by atoms with Crippen LogP contribution in [0.2, 0.25) is 6.04 Å². The fourth-order valence-corrected chi connectivity index (χ4v) is 12.3. The van der Waals surface area contributed by atoms with Crippen molar-refractivity contribution in [2.75, 3.05) is 26.4 Å². The molecule has 0 fully saturated rings.